The Balaban J connectivity index is 1.72. The minimum absolute atomic E-state index is 0.380. The Morgan fingerprint density at radius 1 is 1.14 bits per heavy atom. The maximum Gasteiger partial charge on any atom is 0.354 e. The third-order valence-corrected chi connectivity index (χ3v) is 5.68. The van der Waals surface area contributed by atoms with Crippen LogP contribution in [0.3, 0.4) is 0 Å². The lowest BCUT2D eigenvalue weighted by Crippen LogP contribution is -2.11. The molecule has 0 N–H and O–H groups in total. The first-order chi connectivity index (χ1) is 14.0. The summed E-state index contributed by atoms with van der Waals surface area (Å²) in [6.07, 6.45) is 0. The van der Waals surface area contributed by atoms with Crippen molar-refractivity contribution in [2.75, 3.05) is 21.3 Å². The lowest BCUT2D eigenvalue weighted by molar-refractivity contribution is 0.0589. The summed E-state index contributed by atoms with van der Waals surface area (Å²) in [7, 11) is 4.55. The molecule has 0 bridgehead atoms. The number of methoxy groups -OCH3 is 3. The fourth-order valence-electron chi connectivity index (χ4n) is 3.22. The van der Waals surface area contributed by atoms with Gasteiger partial charge in [-0.05, 0) is 42.6 Å². The Bertz CT molecular complexity index is 1190. The molecule has 0 unspecified atom stereocenters. The highest BCUT2D eigenvalue weighted by Crippen LogP contribution is 2.33. The Morgan fingerprint density at radius 3 is 2.66 bits per heavy atom. The minimum atomic E-state index is -0.380. The van der Waals surface area contributed by atoms with Crippen LogP contribution in [0.4, 0.5) is 0 Å². The summed E-state index contributed by atoms with van der Waals surface area (Å²) in [5, 5.41) is 2.99. The Morgan fingerprint density at radius 2 is 1.93 bits per heavy atom. The number of thiophene rings is 1. The SMILES string of the molecule is COC(=O)c1cc2ccsc2n1Cc1nc(-c2ccc(OC)c(OC)c2)oc1C. The molecule has 0 radical (unpaired) electrons. The lowest BCUT2D eigenvalue weighted by Gasteiger charge is -2.08. The second-order valence-corrected chi connectivity index (χ2v) is 7.27. The van der Waals surface area contributed by atoms with Crippen molar-refractivity contribution in [1.82, 2.24) is 9.55 Å². The second-order valence-electron chi connectivity index (χ2n) is 6.38. The van der Waals surface area contributed by atoms with Crippen molar-refractivity contribution in [3.63, 3.8) is 0 Å². The van der Waals surface area contributed by atoms with Crippen LogP contribution in [0.2, 0.25) is 0 Å². The Hall–Kier alpha value is -3.26. The zero-order valence-corrected chi connectivity index (χ0v) is 17.3. The van der Waals surface area contributed by atoms with E-state index in [1.54, 1.807) is 25.6 Å². The standard InChI is InChI=1S/C21H20N2O5S/c1-12-15(11-23-16(21(24)27-4)9-14-7-8-29-20(14)23)22-19(28-12)13-5-6-17(25-2)18(10-13)26-3/h5-10H,11H2,1-4H3. The molecular formula is C21H20N2O5S. The molecule has 4 rings (SSSR count). The van der Waals surface area contributed by atoms with Crippen LogP contribution in [0.1, 0.15) is 21.9 Å². The van der Waals surface area contributed by atoms with Gasteiger partial charge in [-0.25, -0.2) is 9.78 Å². The number of aryl methyl sites for hydroxylation is 1. The molecule has 3 aromatic heterocycles. The number of hydrogen-bond acceptors (Lipinski definition) is 7. The number of fused-ring (bicyclic) bond motifs is 1. The number of carbonyl (C=O) groups excluding carboxylic acids is 1. The molecule has 0 saturated heterocycles. The van der Waals surface area contributed by atoms with Crippen LogP contribution < -0.4 is 9.47 Å². The number of rotatable bonds is 6. The van der Waals surface area contributed by atoms with Crippen LogP contribution >= 0.6 is 11.3 Å². The number of nitrogens with zero attached hydrogens (tertiary/aromatic N) is 2. The summed E-state index contributed by atoms with van der Waals surface area (Å²) in [5.41, 5.74) is 2.01. The predicted molar refractivity (Wildman–Crippen MR) is 110 cm³/mol. The van der Waals surface area contributed by atoms with Crippen LogP contribution in [0.25, 0.3) is 21.7 Å². The van der Waals surface area contributed by atoms with Crippen molar-refractivity contribution in [3.05, 3.63) is 52.9 Å². The van der Waals surface area contributed by atoms with Crippen LogP contribution in [0.5, 0.6) is 11.5 Å². The molecule has 150 valence electrons. The van der Waals surface area contributed by atoms with Gasteiger partial charge in [0, 0.05) is 10.9 Å². The van der Waals surface area contributed by atoms with Crippen molar-refractivity contribution < 1.29 is 23.4 Å². The van der Waals surface area contributed by atoms with E-state index in [2.05, 4.69) is 4.98 Å². The molecular weight excluding hydrogens is 392 g/mol. The van der Waals surface area contributed by atoms with E-state index in [1.807, 2.05) is 47.2 Å². The van der Waals surface area contributed by atoms with Crippen molar-refractivity contribution in [3.8, 4) is 23.0 Å². The first-order valence-electron chi connectivity index (χ1n) is 8.89. The normalized spacial score (nSPS) is 11.0. The van der Waals surface area contributed by atoms with E-state index in [4.69, 9.17) is 18.6 Å². The highest BCUT2D eigenvalue weighted by atomic mass is 32.1. The van der Waals surface area contributed by atoms with Gasteiger partial charge in [0.1, 0.15) is 22.0 Å². The van der Waals surface area contributed by atoms with E-state index in [0.717, 1.165) is 21.5 Å². The van der Waals surface area contributed by atoms with Crippen LogP contribution in [0.15, 0.2) is 40.1 Å². The number of esters is 1. The van der Waals surface area contributed by atoms with Gasteiger partial charge in [-0.3, -0.25) is 0 Å². The maximum absolute atomic E-state index is 12.2. The van der Waals surface area contributed by atoms with Gasteiger partial charge in [-0.2, -0.15) is 0 Å². The average molecular weight is 412 g/mol. The molecule has 0 amide bonds. The number of carbonyl (C=O) groups is 1. The van der Waals surface area contributed by atoms with E-state index in [-0.39, 0.29) is 5.97 Å². The topological polar surface area (TPSA) is 75.7 Å². The van der Waals surface area contributed by atoms with Gasteiger partial charge in [-0.1, -0.05) is 0 Å². The van der Waals surface area contributed by atoms with Crippen molar-refractivity contribution in [2.45, 2.75) is 13.5 Å². The quantitative estimate of drug-likeness (QED) is 0.434. The highest BCUT2D eigenvalue weighted by Gasteiger charge is 2.20. The molecule has 0 aliphatic rings. The van der Waals surface area contributed by atoms with Gasteiger partial charge in [0.15, 0.2) is 11.5 Å². The Labute approximate surface area is 171 Å². The third-order valence-electron chi connectivity index (χ3n) is 4.73. The lowest BCUT2D eigenvalue weighted by atomic mass is 10.2. The monoisotopic (exact) mass is 412 g/mol. The summed E-state index contributed by atoms with van der Waals surface area (Å²) in [4.78, 5) is 17.9. The van der Waals surface area contributed by atoms with Gasteiger partial charge in [0.05, 0.1) is 27.9 Å². The number of hydrogen-bond donors (Lipinski definition) is 0. The molecule has 3 heterocycles. The van der Waals surface area contributed by atoms with Gasteiger partial charge >= 0.3 is 5.97 Å². The maximum atomic E-state index is 12.2. The molecule has 0 fully saturated rings. The molecule has 0 saturated carbocycles. The second kappa shape index (κ2) is 7.63. The van der Waals surface area contributed by atoms with E-state index in [1.165, 1.54) is 7.11 Å². The van der Waals surface area contributed by atoms with E-state index in [0.29, 0.717) is 35.4 Å². The largest absolute Gasteiger partial charge is 0.493 e. The average Bonchev–Trinajstić information content (AvgIpc) is 3.43. The molecule has 1 aromatic carbocycles. The van der Waals surface area contributed by atoms with Gasteiger partial charge in [0.25, 0.3) is 0 Å². The summed E-state index contributed by atoms with van der Waals surface area (Å²) < 4.78 is 23.4. The Kier molecular flexibility index (Phi) is 5.02. The summed E-state index contributed by atoms with van der Waals surface area (Å²) in [6.45, 7) is 2.26. The fourth-order valence-corrected chi connectivity index (χ4v) is 4.12. The molecule has 0 spiro atoms. The van der Waals surface area contributed by atoms with Crippen molar-refractivity contribution in [1.29, 1.82) is 0 Å². The minimum Gasteiger partial charge on any atom is -0.493 e. The van der Waals surface area contributed by atoms with Gasteiger partial charge in [-0.15, -0.1) is 11.3 Å². The van der Waals surface area contributed by atoms with Crippen molar-refractivity contribution in [2.24, 2.45) is 0 Å². The highest BCUT2D eigenvalue weighted by molar-refractivity contribution is 7.16. The molecule has 7 nitrogen and oxygen atoms in total. The van der Waals surface area contributed by atoms with Crippen LogP contribution in [0, 0.1) is 6.92 Å². The molecule has 0 aliphatic carbocycles. The summed E-state index contributed by atoms with van der Waals surface area (Å²) in [6, 6.07) is 9.31. The van der Waals surface area contributed by atoms with E-state index < -0.39 is 0 Å². The van der Waals surface area contributed by atoms with Crippen molar-refractivity contribution >= 4 is 27.5 Å². The first-order valence-corrected chi connectivity index (χ1v) is 9.77. The van der Waals surface area contributed by atoms with Crippen LogP contribution in [-0.4, -0.2) is 36.8 Å². The predicted octanol–water partition coefficient (Wildman–Crippen LogP) is 4.52. The summed E-state index contributed by atoms with van der Waals surface area (Å²) in [5.74, 6) is 2.02. The molecule has 0 atom stereocenters. The number of benzene rings is 1. The van der Waals surface area contributed by atoms with Gasteiger partial charge < -0.3 is 23.2 Å². The van der Waals surface area contributed by atoms with Gasteiger partial charge in [0.2, 0.25) is 5.89 Å². The first kappa shape index (κ1) is 19.1. The zero-order valence-electron chi connectivity index (χ0n) is 16.5. The molecule has 8 heteroatoms. The van der Waals surface area contributed by atoms with E-state index in [9.17, 15) is 4.79 Å². The fraction of sp³-hybridized carbons (Fsp3) is 0.238. The molecule has 0 aliphatic heterocycles. The smallest absolute Gasteiger partial charge is 0.354 e. The molecule has 4 aromatic rings. The summed E-state index contributed by atoms with van der Waals surface area (Å²) >= 11 is 1.57. The van der Waals surface area contributed by atoms with E-state index >= 15 is 0 Å². The number of aromatic nitrogens is 2. The number of oxazole rings is 1. The third kappa shape index (κ3) is 3.36. The zero-order chi connectivity index (χ0) is 20.5. The number of ether oxygens (including phenoxy) is 3. The van der Waals surface area contributed by atoms with Crippen LogP contribution in [-0.2, 0) is 11.3 Å². The molecule has 29 heavy (non-hydrogen) atoms.